The van der Waals surface area contributed by atoms with Crippen molar-refractivity contribution in [1.29, 1.82) is 0 Å². The molecule has 1 aromatic rings. The number of hydrogen-bond acceptors (Lipinski definition) is 2. The predicted molar refractivity (Wildman–Crippen MR) is 57.5 cm³/mol. The van der Waals surface area contributed by atoms with Gasteiger partial charge < -0.3 is 10.4 Å². The summed E-state index contributed by atoms with van der Waals surface area (Å²) >= 11 is 0. The Balaban J connectivity index is 1.83. The second kappa shape index (κ2) is 4.53. The van der Waals surface area contributed by atoms with E-state index >= 15 is 0 Å². The maximum Gasteiger partial charge on any atom is 0.307 e. The van der Waals surface area contributed by atoms with Gasteiger partial charge in [-0.25, -0.2) is 4.39 Å². The molecule has 17 heavy (non-hydrogen) atoms. The van der Waals surface area contributed by atoms with Crippen molar-refractivity contribution < 1.29 is 19.1 Å². The zero-order valence-electron chi connectivity index (χ0n) is 9.02. The molecular weight excluding hydrogens is 225 g/mol. The number of hydrogen-bond donors (Lipinski definition) is 2. The predicted octanol–water partition coefficient (Wildman–Crippen LogP) is 1.16. The van der Waals surface area contributed by atoms with Crippen molar-refractivity contribution in [3.05, 3.63) is 35.6 Å². The average Bonchev–Trinajstić information content (AvgIpc) is 3.06. The molecule has 2 unspecified atom stereocenters. The molecule has 2 N–H and O–H groups in total. The Morgan fingerprint density at radius 1 is 1.41 bits per heavy atom. The molecule has 0 aromatic heterocycles. The van der Waals surface area contributed by atoms with E-state index in [1.165, 1.54) is 12.1 Å². The summed E-state index contributed by atoms with van der Waals surface area (Å²) in [5.74, 6) is -2.55. The Labute approximate surface area is 97.4 Å². The Morgan fingerprint density at radius 3 is 2.76 bits per heavy atom. The molecule has 0 radical (unpaired) electrons. The number of carboxylic acid groups (broad SMARTS) is 1. The molecule has 2 rings (SSSR count). The van der Waals surface area contributed by atoms with Gasteiger partial charge in [0.1, 0.15) is 5.82 Å². The zero-order chi connectivity index (χ0) is 12.4. The quantitative estimate of drug-likeness (QED) is 0.825. The standard InChI is InChI=1S/C12H12FNO3/c13-8-3-1-2-7(4-8)6-14-11(15)9-5-10(9)12(16)17/h1-4,9-10H,5-6H2,(H,14,15)(H,16,17). The van der Waals surface area contributed by atoms with Crippen LogP contribution in [0.4, 0.5) is 4.39 Å². The van der Waals surface area contributed by atoms with Crippen LogP contribution in [-0.2, 0) is 16.1 Å². The smallest absolute Gasteiger partial charge is 0.307 e. The summed E-state index contributed by atoms with van der Waals surface area (Å²) in [7, 11) is 0. The van der Waals surface area contributed by atoms with Gasteiger partial charge in [0.05, 0.1) is 11.8 Å². The molecule has 1 aliphatic rings. The number of halogens is 1. The normalized spacial score (nSPS) is 21.9. The fraction of sp³-hybridized carbons (Fsp3) is 0.333. The van der Waals surface area contributed by atoms with Crippen LogP contribution in [0, 0.1) is 17.7 Å². The maximum absolute atomic E-state index is 12.8. The third kappa shape index (κ3) is 2.81. The summed E-state index contributed by atoms with van der Waals surface area (Å²) in [4.78, 5) is 22.1. The van der Waals surface area contributed by atoms with E-state index in [-0.39, 0.29) is 18.3 Å². The first-order chi connectivity index (χ1) is 8.08. The van der Waals surface area contributed by atoms with Crippen molar-refractivity contribution >= 4 is 11.9 Å². The van der Waals surface area contributed by atoms with Gasteiger partial charge in [-0.3, -0.25) is 9.59 Å². The molecule has 4 nitrogen and oxygen atoms in total. The Kier molecular flexibility index (Phi) is 3.08. The van der Waals surface area contributed by atoms with Gasteiger partial charge in [0.15, 0.2) is 0 Å². The van der Waals surface area contributed by atoms with E-state index in [4.69, 9.17) is 5.11 Å². The molecular formula is C12H12FNO3. The van der Waals surface area contributed by atoms with Crippen molar-refractivity contribution in [3.63, 3.8) is 0 Å². The van der Waals surface area contributed by atoms with E-state index in [0.29, 0.717) is 12.0 Å². The number of carbonyl (C=O) groups excluding carboxylic acids is 1. The van der Waals surface area contributed by atoms with E-state index in [0.717, 1.165) is 0 Å². The lowest BCUT2D eigenvalue weighted by atomic mass is 10.2. The highest BCUT2D eigenvalue weighted by atomic mass is 19.1. The fourth-order valence-corrected chi connectivity index (χ4v) is 1.72. The van der Waals surface area contributed by atoms with E-state index < -0.39 is 17.8 Å². The molecule has 1 aromatic carbocycles. The molecule has 0 aliphatic heterocycles. The third-order valence-electron chi connectivity index (χ3n) is 2.80. The van der Waals surface area contributed by atoms with E-state index in [9.17, 15) is 14.0 Å². The van der Waals surface area contributed by atoms with Crippen molar-refractivity contribution in [1.82, 2.24) is 5.32 Å². The first-order valence-electron chi connectivity index (χ1n) is 5.33. The van der Waals surface area contributed by atoms with E-state index in [1.807, 2.05) is 0 Å². The topological polar surface area (TPSA) is 66.4 Å². The Morgan fingerprint density at radius 2 is 2.18 bits per heavy atom. The third-order valence-corrected chi connectivity index (χ3v) is 2.80. The van der Waals surface area contributed by atoms with Crippen LogP contribution in [0.3, 0.4) is 0 Å². The SMILES string of the molecule is O=C(O)C1CC1C(=O)NCc1cccc(F)c1. The van der Waals surface area contributed by atoms with Gasteiger partial charge in [-0.15, -0.1) is 0 Å². The summed E-state index contributed by atoms with van der Waals surface area (Å²) in [5, 5.41) is 11.3. The Hall–Kier alpha value is -1.91. The lowest BCUT2D eigenvalue weighted by molar-refractivity contribution is -0.140. The molecule has 1 saturated carbocycles. The molecule has 0 spiro atoms. The molecule has 90 valence electrons. The number of rotatable bonds is 4. The van der Waals surface area contributed by atoms with Crippen LogP contribution in [0.15, 0.2) is 24.3 Å². The highest BCUT2D eigenvalue weighted by Gasteiger charge is 2.48. The van der Waals surface area contributed by atoms with Crippen LogP contribution in [0.25, 0.3) is 0 Å². The van der Waals surface area contributed by atoms with E-state index in [1.54, 1.807) is 12.1 Å². The number of carboxylic acids is 1. The molecule has 5 heteroatoms. The fourth-order valence-electron chi connectivity index (χ4n) is 1.72. The molecule has 2 atom stereocenters. The summed E-state index contributed by atoms with van der Waals surface area (Å²) < 4.78 is 12.8. The summed E-state index contributed by atoms with van der Waals surface area (Å²) in [6.45, 7) is 0.222. The van der Waals surface area contributed by atoms with Crippen molar-refractivity contribution in [2.24, 2.45) is 11.8 Å². The van der Waals surface area contributed by atoms with Gasteiger partial charge in [0.2, 0.25) is 5.91 Å². The molecule has 0 saturated heterocycles. The van der Waals surface area contributed by atoms with Crippen LogP contribution in [0.2, 0.25) is 0 Å². The van der Waals surface area contributed by atoms with Gasteiger partial charge in [-0.1, -0.05) is 12.1 Å². The first kappa shape index (κ1) is 11.6. The van der Waals surface area contributed by atoms with Gasteiger partial charge >= 0.3 is 5.97 Å². The summed E-state index contributed by atoms with van der Waals surface area (Å²) in [6, 6.07) is 5.92. The molecule has 1 fully saturated rings. The number of benzene rings is 1. The van der Waals surface area contributed by atoms with Crippen LogP contribution in [-0.4, -0.2) is 17.0 Å². The van der Waals surface area contributed by atoms with Gasteiger partial charge in [0, 0.05) is 6.54 Å². The minimum absolute atomic E-state index is 0.222. The highest BCUT2D eigenvalue weighted by molar-refractivity contribution is 5.89. The van der Waals surface area contributed by atoms with Crippen LogP contribution in [0.1, 0.15) is 12.0 Å². The maximum atomic E-state index is 12.8. The average molecular weight is 237 g/mol. The van der Waals surface area contributed by atoms with Crippen LogP contribution < -0.4 is 5.32 Å². The largest absolute Gasteiger partial charge is 0.481 e. The lowest BCUT2D eigenvalue weighted by Gasteiger charge is -2.04. The summed E-state index contributed by atoms with van der Waals surface area (Å²) in [5.41, 5.74) is 0.658. The number of carbonyl (C=O) groups is 2. The molecule has 1 amide bonds. The second-order valence-electron chi connectivity index (χ2n) is 4.13. The number of aliphatic carboxylic acids is 1. The second-order valence-corrected chi connectivity index (χ2v) is 4.13. The number of nitrogens with one attached hydrogen (secondary N) is 1. The van der Waals surface area contributed by atoms with Crippen molar-refractivity contribution in [2.75, 3.05) is 0 Å². The van der Waals surface area contributed by atoms with Crippen LogP contribution in [0.5, 0.6) is 0 Å². The number of amides is 1. The van der Waals surface area contributed by atoms with Crippen molar-refractivity contribution in [3.8, 4) is 0 Å². The minimum Gasteiger partial charge on any atom is -0.481 e. The van der Waals surface area contributed by atoms with Crippen LogP contribution >= 0.6 is 0 Å². The minimum atomic E-state index is -0.934. The van der Waals surface area contributed by atoms with Gasteiger partial charge in [-0.2, -0.15) is 0 Å². The summed E-state index contributed by atoms with van der Waals surface area (Å²) in [6.07, 6.45) is 0.393. The molecule has 1 aliphatic carbocycles. The molecule has 0 bridgehead atoms. The van der Waals surface area contributed by atoms with E-state index in [2.05, 4.69) is 5.32 Å². The highest BCUT2D eigenvalue weighted by Crippen LogP contribution is 2.38. The van der Waals surface area contributed by atoms with Gasteiger partial charge in [-0.05, 0) is 24.1 Å². The Bertz CT molecular complexity index is 461. The first-order valence-corrected chi connectivity index (χ1v) is 5.33. The monoisotopic (exact) mass is 237 g/mol. The van der Waals surface area contributed by atoms with Crippen molar-refractivity contribution in [2.45, 2.75) is 13.0 Å². The lowest BCUT2D eigenvalue weighted by Crippen LogP contribution is -2.25. The molecule has 0 heterocycles. The van der Waals surface area contributed by atoms with Gasteiger partial charge in [0.25, 0.3) is 0 Å². The zero-order valence-corrected chi connectivity index (χ0v) is 9.02.